The van der Waals surface area contributed by atoms with Gasteiger partial charge in [0.25, 0.3) is 0 Å². The fourth-order valence-corrected chi connectivity index (χ4v) is 1.93. The van der Waals surface area contributed by atoms with Crippen LogP contribution in [0, 0.1) is 0 Å². The van der Waals surface area contributed by atoms with Crippen LogP contribution in [-0.4, -0.2) is 26.9 Å². The van der Waals surface area contributed by atoms with E-state index in [-0.39, 0.29) is 5.91 Å². The van der Waals surface area contributed by atoms with Crippen LogP contribution in [0.15, 0.2) is 35.7 Å². The molecule has 0 aliphatic carbocycles. The number of amides is 1. The average Bonchev–Trinajstić information content (AvgIpc) is 2.77. The molecule has 0 atom stereocenters. The molecule has 1 aromatic heterocycles. The van der Waals surface area contributed by atoms with Crippen molar-refractivity contribution >= 4 is 23.4 Å². The third kappa shape index (κ3) is 2.65. The van der Waals surface area contributed by atoms with E-state index in [0.29, 0.717) is 0 Å². The third-order valence-corrected chi connectivity index (χ3v) is 2.81. The Kier molecular flexibility index (Phi) is 3.43. The van der Waals surface area contributed by atoms with Gasteiger partial charge in [-0.2, -0.15) is 0 Å². The molecule has 0 spiro atoms. The van der Waals surface area contributed by atoms with Crippen molar-refractivity contribution in [3.8, 4) is 5.69 Å². The molecule has 2 rings (SSSR count). The van der Waals surface area contributed by atoms with Gasteiger partial charge in [0.1, 0.15) is 6.33 Å². The highest BCUT2D eigenvalue weighted by Crippen LogP contribution is 2.18. The molecule has 0 aliphatic rings. The molecular weight excluding hydrogens is 236 g/mol. The largest absolute Gasteiger partial charge is 0.326 e. The van der Waals surface area contributed by atoms with Gasteiger partial charge in [0.15, 0.2) is 5.16 Å². The zero-order valence-corrected chi connectivity index (χ0v) is 10.4. The second-order valence-corrected chi connectivity index (χ2v) is 4.19. The number of carbonyl (C=O) groups excluding carboxylic acids is 1. The molecule has 0 fully saturated rings. The molecule has 5 nitrogen and oxygen atoms in total. The summed E-state index contributed by atoms with van der Waals surface area (Å²) in [5, 5.41) is 11.4. The summed E-state index contributed by atoms with van der Waals surface area (Å²) in [7, 11) is 0. The van der Waals surface area contributed by atoms with Crippen LogP contribution >= 0.6 is 11.8 Å². The second kappa shape index (κ2) is 5.01. The summed E-state index contributed by atoms with van der Waals surface area (Å²) in [6.45, 7) is 1.49. The Hall–Kier alpha value is -1.82. The van der Waals surface area contributed by atoms with Crippen LogP contribution in [0.25, 0.3) is 5.69 Å². The topological polar surface area (TPSA) is 59.8 Å². The lowest BCUT2D eigenvalue weighted by atomic mass is 10.3. The van der Waals surface area contributed by atoms with E-state index >= 15 is 0 Å². The van der Waals surface area contributed by atoms with E-state index in [1.807, 2.05) is 35.1 Å². The van der Waals surface area contributed by atoms with Gasteiger partial charge in [0.05, 0.1) is 0 Å². The third-order valence-electron chi connectivity index (χ3n) is 2.16. The van der Waals surface area contributed by atoms with Crippen molar-refractivity contribution < 1.29 is 4.79 Å². The minimum absolute atomic E-state index is 0.0770. The second-order valence-electron chi connectivity index (χ2n) is 3.42. The van der Waals surface area contributed by atoms with Gasteiger partial charge < -0.3 is 5.32 Å². The maximum Gasteiger partial charge on any atom is 0.221 e. The highest BCUT2D eigenvalue weighted by Gasteiger charge is 2.04. The quantitative estimate of drug-likeness (QED) is 0.843. The van der Waals surface area contributed by atoms with Crippen molar-refractivity contribution in [3.63, 3.8) is 0 Å². The van der Waals surface area contributed by atoms with Crippen LogP contribution in [0.1, 0.15) is 6.92 Å². The number of carbonyl (C=O) groups is 1. The molecule has 2 aromatic rings. The summed E-state index contributed by atoms with van der Waals surface area (Å²) in [6.07, 6.45) is 3.62. The fraction of sp³-hybridized carbons (Fsp3) is 0.182. The highest BCUT2D eigenvalue weighted by atomic mass is 32.2. The maximum absolute atomic E-state index is 10.9. The zero-order valence-electron chi connectivity index (χ0n) is 9.54. The molecule has 1 heterocycles. The van der Waals surface area contributed by atoms with Gasteiger partial charge in [-0.1, -0.05) is 11.8 Å². The van der Waals surface area contributed by atoms with Gasteiger partial charge >= 0.3 is 0 Å². The number of nitrogens with one attached hydrogen (secondary N) is 1. The molecule has 0 bridgehead atoms. The van der Waals surface area contributed by atoms with Crippen LogP contribution in [0.3, 0.4) is 0 Å². The van der Waals surface area contributed by atoms with Crippen LogP contribution in [0.4, 0.5) is 5.69 Å². The molecule has 1 N–H and O–H groups in total. The van der Waals surface area contributed by atoms with E-state index in [0.717, 1.165) is 16.5 Å². The van der Waals surface area contributed by atoms with Crippen molar-refractivity contribution in [1.82, 2.24) is 14.8 Å². The van der Waals surface area contributed by atoms with Gasteiger partial charge in [-0.05, 0) is 30.5 Å². The summed E-state index contributed by atoms with van der Waals surface area (Å²) in [5.74, 6) is -0.0770. The minimum atomic E-state index is -0.0770. The van der Waals surface area contributed by atoms with Crippen LogP contribution in [-0.2, 0) is 4.79 Å². The highest BCUT2D eigenvalue weighted by molar-refractivity contribution is 7.98. The first-order valence-electron chi connectivity index (χ1n) is 5.03. The van der Waals surface area contributed by atoms with Crippen molar-refractivity contribution in [2.75, 3.05) is 11.6 Å². The number of anilines is 1. The minimum Gasteiger partial charge on any atom is -0.326 e. The Balaban J connectivity index is 2.26. The number of nitrogens with zero attached hydrogens (tertiary/aromatic N) is 3. The Labute approximate surface area is 103 Å². The van der Waals surface area contributed by atoms with Crippen LogP contribution in [0.5, 0.6) is 0 Å². The fourth-order valence-electron chi connectivity index (χ4n) is 1.45. The smallest absolute Gasteiger partial charge is 0.221 e. The number of rotatable bonds is 3. The van der Waals surface area contributed by atoms with Gasteiger partial charge in [0, 0.05) is 18.3 Å². The molecule has 1 amide bonds. The van der Waals surface area contributed by atoms with Crippen LogP contribution in [0.2, 0.25) is 0 Å². The summed E-state index contributed by atoms with van der Waals surface area (Å²) >= 11 is 1.53. The predicted octanol–water partition coefficient (Wildman–Crippen LogP) is 1.95. The van der Waals surface area contributed by atoms with Gasteiger partial charge in [-0.25, -0.2) is 0 Å². The summed E-state index contributed by atoms with van der Waals surface area (Å²) in [4.78, 5) is 10.9. The lowest BCUT2D eigenvalue weighted by molar-refractivity contribution is -0.114. The molecule has 0 unspecified atom stereocenters. The van der Waals surface area contributed by atoms with Gasteiger partial charge in [-0.3, -0.25) is 9.36 Å². The molecule has 0 saturated carbocycles. The first-order valence-corrected chi connectivity index (χ1v) is 6.25. The number of benzene rings is 1. The molecule has 88 valence electrons. The van der Waals surface area contributed by atoms with E-state index in [2.05, 4.69) is 15.5 Å². The maximum atomic E-state index is 10.9. The summed E-state index contributed by atoms with van der Waals surface area (Å²) in [5.41, 5.74) is 1.74. The van der Waals surface area contributed by atoms with E-state index in [9.17, 15) is 4.79 Å². The Bertz CT molecular complexity index is 521. The summed E-state index contributed by atoms with van der Waals surface area (Å²) < 4.78 is 1.89. The van der Waals surface area contributed by atoms with Crippen molar-refractivity contribution in [1.29, 1.82) is 0 Å². The van der Waals surface area contributed by atoms with Crippen molar-refractivity contribution in [3.05, 3.63) is 30.6 Å². The average molecular weight is 248 g/mol. The standard InChI is InChI=1S/C11H12N4OS/c1-8(16)13-9-3-5-10(6-4-9)15-7-12-14-11(15)17-2/h3-7H,1-2H3,(H,13,16). The zero-order chi connectivity index (χ0) is 12.3. The molecule has 6 heteroatoms. The van der Waals surface area contributed by atoms with E-state index in [1.165, 1.54) is 18.7 Å². The molecule has 1 aromatic carbocycles. The first kappa shape index (κ1) is 11.7. The van der Waals surface area contributed by atoms with Crippen LogP contribution < -0.4 is 5.32 Å². The number of hydrogen-bond donors (Lipinski definition) is 1. The SMILES string of the molecule is CSc1nncn1-c1ccc(NC(C)=O)cc1. The molecule has 0 aliphatic heterocycles. The number of hydrogen-bond acceptors (Lipinski definition) is 4. The van der Waals surface area contributed by atoms with Gasteiger partial charge in [0.2, 0.25) is 5.91 Å². The Morgan fingerprint density at radius 2 is 2.06 bits per heavy atom. The summed E-state index contributed by atoms with van der Waals surface area (Å²) in [6, 6.07) is 7.52. The van der Waals surface area contributed by atoms with E-state index in [4.69, 9.17) is 0 Å². The number of aromatic nitrogens is 3. The Morgan fingerprint density at radius 3 is 2.65 bits per heavy atom. The normalized spacial score (nSPS) is 10.2. The molecule has 0 saturated heterocycles. The predicted molar refractivity (Wildman–Crippen MR) is 67.4 cm³/mol. The van der Waals surface area contributed by atoms with E-state index in [1.54, 1.807) is 6.33 Å². The first-order chi connectivity index (χ1) is 8.20. The lowest BCUT2D eigenvalue weighted by Crippen LogP contribution is -2.05. The van der Waals surface area contributed by atoms with Crippen molar-refractivity contribution in [2.24, 2.45) is 0 Å². The molecule has 17 heavy (non-hydrogen) atoms. The van der Waals surface area contributed by atoms with Crippen molar-refractivity contribution in [2.45, 2.75) is 12.1 Å². The lowest BCUT2D eigenvalue weighted by Gasteiger charge is -2.06. The van der Waals surface area contributed by atoms with Gasteiger partial charge in [-0.15, -0.1) is 10.2 Å². The number of thioether (sulfide) groups is 1. The molecular formula is C11H12N4OS. The van der Waals surface area contributed by atoms with E-state index < -0.39 is 0 Å². The Morgan fingerprint density at radius 1 is 1.35 bits per heavy atom. The monoisotopic (exact) mass is 248 g/mol. The molecule has 0 radical (unpaired) electrons.